The third kappa shape index (κ3) is 3.89. The summed E-state index contributed by atoms with van der Waals surface area (Å²) in [7, 11) is 1.38. The molecule has 3 amide bonds. The van der Waals surface area contributed by atoms with Crippen LogP contribution in [0.1, 0.15) is 18.1 Å². The minimum Gasteiger partial charge on any atom is -0.453 e. The first-order valence-electron chi connectivity index (χ1n) is 8.65. The highest BCUT2D eigenvalue weighted by atomic mass is 16.6. The minimum absolute atomic E-state index is 0.153. The van der Waals surface area contributed by atoms with Crippen LogP contribution in [0.5, 0.6) is 0 Å². The molecule has 0 radical (unpaired) electrons. The zero-order valence-corrected chi connectivity index (χ0v) is 15.0. The van der Waals surface area contributed by atoms with Crippen LogP contribution in [0, 0.1) is 0 Å². The van der Waals surface area contributed by atoms with Gasteiger partial charge in [0.2, 0.25) is 5.91 Å². The SMILES string of the molecule is COC(=O)N1CCc2ccc(N3CC(CNC(C)=O)OC3=O)cc2CC1. The second kappa shape index (κ2) is 7.63. The first kappa shape index (κ1) is 18.0. The molecule has 1 aromatic carbocycles. The van der Waals surface area contributed by atoms with E-state index in [2.05, 4.69) is 5.32 Å². The molecule has 1 aromatic rings. The highest BCUT2D eigenvalue weighted by molar-refractivity contribution is 5.90. The Morgan fingerprint density at radius 1 is 1.27 bits per heavy atom. The van der Waals surface area contributed by atoms with Gasteiger partial charge in [0, 0.05) is 25.7 Å². The van der Waals surface area contributed by atoms with Crippen LogP contribution in [-0.2, 0) is 27.1 Å². The van der Waals surface area contributed by atoms with Crippen molar-refractivity contribution in [3.8, 4) is 0 Å². The van der Waals surface area contributed by atoms with Gasteiger partial charge in [-0.15, -0.1) is 0 Å². The molecule has 0 spiro atoms. The van der Waals surface area contributed by atoms with Gasteiger partial charge in [0.05, 0.1) is 20.2 Å². The van der Waals surface area contributed by atoms with Crippen molar-refractivity contribution < 1.29 is 23.9 Å². The summed E-state index contributed by atoms with van der Waals surface area (Å²) < 4.78 is 10.1. The number of carbonyl (C=O) groups excluding carboxylic acids is 3. The van der Waals surface area contributed by atoms with Crippen molar-refractivity contribution in [1.82, 2.24) is 10.2 Å². The van der Waals surface area contributed by atoms with Crippen LogP contribution >= 0.6 is 0 Å². The van der Waals surface area contributed by atoms with E-state index in [1.54, 1.807) is 9.80 Å². The number of cyclic esters (lactones) is 1. The molecule has 1 fully saturated rings. The van der Waals surface area contributed by atoms with Crippen molar-refractivity contribution in [2.24, 2.45) is 0 Å². The second-order valence-corrected chi connectivity index (χ2v) is 6.46. The molecule has 140 valence electrons. The molecule has 8 nitrogen and oxygen atoms in total. The lowest BCUT2D eigenvalue weighted by molar-refractivity contribution is -0.119. The fourth-order valence-electron chi connectivity index (χ4n) is 3.29. The maximum Gasteiger partial charge on any atom is 0.414 e. The van der Waals surface area contributed by atoms with Gasteiger partial charge in [-0.05, 0) is 36.1 Å². The molecule has 1 atom stereocenters. The van der Waals surface area contributed by atoms with Gasteiger partial charge < -0.3 is 19.7 Å². The average Bonchev–Trinajstić information content (AvgIpc) is 2.87. The number of benzene rings is 1. The second-order valence-electron chi connectivity index (χ2n) is 6.46. The highest BCUT2D eigenvalue weighted by Crippen LogP contribution is 2.26. The Balaban J connectivity index is 1.70. The quantitative estimate of drug-likeness (QED) is 0.877. The predicted molar refractivity (Wildman–Crippen MR) is 94.1 cm³/mol. The number of amides is 3. The van der Waals surface area contributed by atoms with Crippen molar-refractivity contribution in [3.63, 3.8) is 0 Å². The van der Waals surface area contributed by atoms with E-state index < -0.39 is 6.09 Å². The zero-order chi connectivity index (χ0) is 18.7. The fraction of sp³-hybridized carbons (Fsp3) is 0.500. The van der Waals surface area contributed by atoms with Gasteiger partial charge in [0.15, 0.2) is 0 Å². The Morgan fingerprint density at radius 3 is 2.69 bits per heavy atom. The first-order valence-corrected chi connectivity index (χ1v) is 8.65. The van der Waals surface area contributed by atoms with E-state index in [4.69, 9.17) is 9.47 Å². The molecule has 2 heterocycles. The molecule has 0 saturated carbocycles. The number of rotatable bonds is 3. The van der Waals surface area contributed by atoms with Gasteiger partial charge in [-0.2, -0.15) is 0 Å². The van der Waals surface area contributed by atoms with Crippen LogP contribution in [0.2, 0.25) is 0 Å². The first-order chi connectivity index (χ1) is 12.5. The van der Waals surface area contributed by atoms with Gasteiger partial charge in [-0.1, -0.05) is 6.07 Å². The topological polar surface area (TPSA) is 88.2 Å². The third-order valence-electron chi connectivity index (χ3n) is 4.69. The molecular formula is C18H23N3O5. The Bertz CT molecular complexity index is 721. The molecule has 1 unspecified atom stereocenters. The standard InChI is InChI=1S/C18H23N3O5/c1-12(22)19-10-16-11-21(18(24)26-16)15-4-3-13-5-7-20(17(23)25-2)8-6-14(13)9-15/h3-4,9,16H,5-8,10-11H2,1-2H3,(H,19,22). The van der Waals surface area contributed by atoms with Crippen LogP contribution in [-0.4, -0.2) is 62.4 Å². The predicted octanol–water partition coefficient (Wildman–Crippen LogP) is 1.31. The van der Waals surface area contributed by atoms with Crippen LogP contribution in [0.15, 0.2) is 18.2 Å². The summed E-state index contributed by atoms with van der Waals surface area (Å²) >= 11 is 0. The zero-order valence-electron chi connectivity index (χ0n) is 15.0. The smallest absolute Gasteiger partial charge is 0.414 e. The normalized spacial score (nSPS) is 19.5. The third-order valence-corrected chi connectivity index (χ3v) is 4.69. The van der Waals surface area contributed by atoms with Crippen molar-refractivity contribution in [2.75, 3.05) is 38.2 Å². The summed E-state index contributed by atoms with van der Waals surface area (Å²) in [6, 6.07) is 5.88. The summed E-state index contributed by atoms with van der Waals surface area (Å²) in [5.74, 6) is -0.153. The molecule has 26 heavy (non-hydrogen) atoms. The number of methoxy groups -OCH3 is 1. The summed E-state index contributed by atoms with van der Waals surface area (Å²) in [6.45, 7) is 3.32. The van der Waals surface area contributed by atoms with Crippen LogP contribution < -0.4 is 10.2 Å². The number of fused-ring (bicyclic) bond motifs is 1. The number of anilines is 1. The Hall–Kier alpha value is -2.77. The number of ether oxygens (including phenoxy) is 2. The van der Waals surface area contributed by atoms with E-state index in [-0.39, 0.29) is 18.1 Å². The monoisotopic (exact) mass is 361 g/mol. The summed E-state index contributed by atoms with van der Waals surface area (Å²) in [5.41, 5.74) is 3.06. The number of nitrogens with one attached hydrogen (secondary N) is 1. The Morgan fingerprint density at radius 2 is 2.00 bits per heavy atom. The highest BCUT2D eigenvalue weighted by Gasteiger charge is 2.32. The van der Waals surface area contributed by atoms with E-state index >= 15 is 0 Å². The van der Waals surface area contributed by atoms with E-state index in [1.807, 2.05) is 18.2 Å². The van der Waals surface area contributed by atoms with Gasteiger partial charge in [-0.3, -0.25) is 9.69 Å². The van der Waals surface area contributed by atoms with Crippen LogP contribution in [0.3, 0.4) is 0 Å². The molecule has 0 bridgehead atoms. The van der Waals surface area contributed by atoms with Crippen LogP contribution in [0.4, 0.5) is 15.3 Å². The molecule has 3 rings (SSSR count). The largest absolute Gasteiger partial charge is 0.453 e. The van der Waals surface area contributed by atoms with Gasteiger partial charge >= 0.3 is 12.2 Å². The summed E-state index contributed by atoms with van der Waals surface area (Å²) in [6.07, 6.45) is 0.365. The van der Waals surface area contributed by atoms with E-state index in [1.165, 1.54) is 19.6 Å². The van der Waals surface area contributed by atoms with Gasteiger partial charge in [-0.25, -0.2) is 9.59 Å². The maximum atomic E-state index is 12.2. The average molecular weight is 361 g/mol. The molecular weight excluding hydrogens is 338 g/mol. The lowest BCUT2D eigenvalue weighted by Crippen LogP contribution is -2.33. The number of hydrogen-bond acceptors (Lipinski definition) is 5. The Labute approximate surface area is 152 Å². The van der Waals surface area contributed by atoms with E-state index in [0.29, 0.717) is 32.6 Å². The van der Waals surface area contributed by atoms with Crippen LogP contribution in [0.25, 0.3) is 0 Å². The van der Waals surface area contributed by atoms with Crippen molar-refractivity contribution >= 4 is 23.8 Å². The maximum absolute atomic E-state index is 12.2. The van der Waals surface area contributed by atoms with E-state index in [9.17, 15) is 14.4 Å². The molecule has 2 aliphatic heterocycles. The number of hydrogen-bond donors (Lipinski definition) is 1. The van der Waals surface area contributed by atoms with Gasteiger partial charge in [0.25, 0.3) is 0 Å². The molecule has 8 heteroatoms. The molecule has 0 aromatic heterocycles. The van der Waals surface area contributed by atoms with Crippen molar-refractivity contribution in [2.45, 2.75) is 25.9 Å². The summed E-state index contributed by atoms with van der Waals surface area (Å²) in [4.78, 5) is 38.2. The molecule has 0 aliphatic carbocycles. The van der Waals surface area contributed by atoms with Crippen molar-refractivity contribution in [3.05, 3.63) is 29.3 Å². The Kier molecular flexibility index (Phi) is 5.29. The molecule has 2 aliphatic rings. The van der Waals surface area contributed by atoms with E-state index in [0.717, 1.165) is 17.7 Å². The number of nitrogens with zero attached hydrogens (tertiary/aromatic N) is 2. The lowest BCUT2D eigenvalue weighted by atomic mass is 10.0. The van der Waals surface area contributed by atoms with Gasteiger partial charge in [0.1, 0.15) is 6.10 Å². The minimum atomic E-state index is -0.412. The molecule has 1 saturated heterocycles. The molecule has 1 N–H and O–H groups in total. The lowest BCUT2D eigenvalue weighted by Gasteiger charge is -2.17. The fourth-order valence-corrected chi connectivity index (χ4v) is 3.29. The van der Waals surface area contributed by atoms with Crippen molar-refractivity contribution in [1.29, 1.82) is 0 Å². The summed E-state index contributed by atoms with van der Waals surface area (Å²) in [5, 5.41) is 2.67. The number of carbonyl (C=O) groups is 3.